The highest BCUT2D eigenvalue weighted by Crippen LogP contribution is 2.47. The number of rotatable bonds is 9. The molecule has 50 heavy (non-hydrogen) atoms. The van der Waals surface area contributed by atoms with Crippen molar-refractivity contribution in [2.75, 3.05) is 51.3 Å². The van der Waals surface area contributed by atoms with Gasteiger partial charge in [-0.15, -0.1) is 0 Å². The fraction of sp³-hybridized carbons (Fsp3) is 0.500. The first-order chi connectivity index (χ1) is 24.1. The number of hydrogen-bond donors (Lipinski definition) is 2. The van der Waals surface area contributed by atoms with Gasteiger partial charge in [0.2, 0.25) is 0 Å². The van der Waals surface area contributed by atoms with E-state index < -0.39 is 17.2 Å². The number of piperidine rings is 2. The first kappa shape index (κ1) is 33.0. The van der Waals surface area contributed by atoms with Crippen molar-refractivity contribution in [3.63, 3.8) is 0 Å². The highest BCUT2D eigenvalue weighted by Gasteiger charge is 2.45. The minimum absolute atomic E-state index is 0.0204. The molecule has 3 aromatic heterocycles. The number of ether oxygens (including phenoxy) is 2. The standard InChI is InChI=1S/C38H44F2N6O4/c1-4-26-28(39)7-6-23-18-24(47)19-27(30(23)26)34-32(40)33-31(29-8-14-41-46(29)34)35(45-15-5-11-37(2,48)20-45)43-36(42-33)50-22-38(12-13-38)21-44-16-9-25(49-3)10-17-44/h6-8,14,18-19,25,47-48H,4-5,9-13,15-17,20-22H2,1-3H3. The number of aryl methyl sites for hydroxylation is 1. The number of aromatic nitrogens is 4. The molecule has 0 bridgehead atoms. The zero-order valence-electron chi connectivity index (χ0n) is 28.9. The lowest BCUT2D eigenvalue weighted by Crippen LogP contribution is -2.46. The molecule has 2 N–H and O–H groups in total. The summed E-state index contributed by atoms with van der Waals surface area (Å²) in [7, 11) is 1.78. The van der Waals surface area contributed by atoms with E-state index in [1.165, 1.54) is 16.6 Å². The minimum atomic E-state index is -0.957. The van der Waals surface area contributed by atoms with Crippen molar-refractivity contribution in [3.8, 4) is 23.0 Å². The van der Waals surface area contributed by atoms with Crippen LogP contribution < -0.4 is 9.64 Å². The molecule has 1 saturated carbocycles. The van der Waals surface area contributed by atoms with E-state index >= 15 is 8.78 Å². The van der Waals surface area contributed by atoms with Crippen LogP contribution in [0.1, 0.15) is 57.9 Å². The molecule has 1 atom stereocenters. The number of phenolic OH excluding ortho intramolecular Hbond substituents is 1. The van der Waals surface area contributed by atoms with Crippen molar-refractivity contribution in [2.24, 2.45) is 5.41 Å². The number of phenols is 1. The molecule has 1 unspecified atom stereocenters. The van der Waals surface area contributed by atoms with Crippen LogP contribution in [0.2, 0.25) is 0 Å². The summed E-state index contributed by atoms with van der Waals surface area (Å²) in [6.07, 6.45) is 7.71. The number of halogens is 2. The number of benzene rings is 2. The van der Waals surface area contributed by atoms with E-state index in [1.54, 1.807) is 38.4 Å². The predicted molar refractivity (Wildman–Crippen MR) is 188 cm³/mol. The second-order valence-electron chi connectivity index (χ2n) is 14.8. The van der Waals surface area contributed by atoms with E-state index in [1.807, 2.05) is 11.8 Å². The molecule has 3 aliphatic rings. The van der Waals surface area contributed by atoms with E-state index in [0.717, 1.165) is 51.7 Å². The van der Waals surface area contributed by atoms with E-state index in [9.17, 15) is 10.2 Å². The van der Waals surface area contributed by atoms with Gasteiger partial charge in [-0.25, -0.2) is 13.3 Å². The molecule has 12 heteroatoms. The maximum Gasteiger partial charge on any atom is 0.319 e. The second-order valence-corrected chi connectivity index (χ2v) is 14.8. The number of fused-ring (bicyclic) bond motifs is 4. The Hall–Kier alpha value is -4.13. The van der Waals surface area contributed by atoms with Gasteiger partial charge in [-0.3, -0.25) is 0 Å². The topological polar surface area (TPSA) is 108 Å². The normalized spacial score (nSPS) is 21.4. The highest BCUT2D eigenvalue weighted by atomic mass is 19.1. The Bertz CT molecular complexity index is 2090. The van der Waals surface area contributed by atoms with Crippen molar-refractivity contribution >= 4 is 33.0 Å². The summed E-state index contributed by atoms with van der Waals surface area (Å²) in [4.78, 5) is 14.1. The van der Waals surface area contributed by atoms with Crippen LogP contribution >= 0.6 is 0 Å². The van der Waals surface area contributed by atoms with Gasteiger partial charge in [0.05, 0.1) is 35.4 Å². The van der Waals surface area contributed by atoms with Crippen LogP contribution in [0.3, 0.4) is 0 Å². The Kier molecular flexibility index (Phi) is 8.31. The predicted octanol–water partition coefficient (Wildman–Crippen LogP) is 6.26. The van der Waals surface area contributed by atoms with Gasteiger partial charge in [-0.1, -0.05) is 13.0 Å². The third-order valence-electron chi connectivity index (χ3n) is 11.0. The van der Waals surface area contributed by atoms with E-state index in [4.69, 9.17) is 19.4 Å². The molecule has 8 rings (SSSR count). The molecule has 0 amide bonds. The van der Waals surface area contributed by atoms with E-state index in [-0.39, 0.29) is 28.4 Å². The van der Waals surface area contributed by atoms with Crippen LogP contribution in [0.4, 0.5) is 14.6 Å². The molecule has 0 radical (unpaired) electrons. The lowest BCUT2D eigenvalue weighted by molar-refractivity contribution is 0.0312. The van der Waals surface area contributed by atoms with Gasteiger partial charge >= 0.3 is 6.01 Å². The summed E-state index contributed by atoms with van der Waals surface area (Å²) < 4.78 is 46.1. The molecule has 5 heterocycles. The zero-order chi connectivity index (χ0) is 34.8. The average Bonchev–Trinajstić information content (AvgIpc) is 3.69. The maximum atomic E-state index is 17.4. The molecule has 5 aromatic rings. The van der Waals surface area contributed by atoms with Gasteiger partial charge in [0.25, 0.3) is 0 Å². The molecule has 2 aliphatic heterocycles. The number of hydrogen-bond acceptors (Lipinski definition) is 9. The Morgan fingerprint density at radius 3 is 2.54 bits per heavy atom. The summed E-state index contributed by atoms with van der Waals surface area (Å²) in [6, 6.07) is 7.82. The van der Waals surface area contributed by atoms with Crippen molar-refractivity contribution < 1.29 is 28.5 Å². The van der Waals surface area contributed by atoms with E-state index in [2.05, 4.69) is 10.00 Å². The fourth-order valence-electron chi connectivity index (χ4n) is 8.18. The van der Waals surface area contributed by atoms with Gasteiger partial charge < -0.3 is 29.5 Å². The van der Waals surface area contributed by atoms with Crippen LogP contribution in [0, 0.1) is 17.0 Å². The number of β-amino-alcohol motifs (C(OH)–C–C–N with tert-alkyl or cyclic N) is 1. The van der Waals surface area contributed by atoms with Crippen LogP contribution in [0.15, 0.2) is 36.5 Å². The fourth-order valence-corrected chi connectivity index (χ4v) is 8.18. The quantitative estimate of drug-likeness (QED) is 0.186. The molecular weight excluding hydrogens is 642 g/mol. The van der Waals surface area contributed by atoms with Crippen LogP contribution in [-0.4, -0.2) is 92.8 Å². The van der Waals surface area contributed by atoms with Gasteiger partial charge in [0, 0.05) is 50.8 Å². The molecule has 2 saturated heterocycles. The summed E-state index contributed by atoms with van der Waals surface area (Å²) in [5, 5.41) is 28.0. The highest BCUT2D eigenvalue weighted by molar-refractivity contribution is 6.07. The van der Waals surface area contributed by atoms with Crippen LogP contribution in [-0.2, 0) is 11.2 Å². The molecule has 264 valence electrons. The van der Waals surface area contributed by atoms with Crippen LogP contribution in [0.5, 0.6) is 11.8 Å². The Labute approximate surface area is 289 Å². The summed E-state index contributed by atoms with van der Waals surface area (Å²) >= 11 is 0. The Balaban J connectivity index is 1.27. The number of likely N-dealkylation sites (tertiary alicyclic amines) is 1. The number of nitrogens with zero attached hydrogens (tertiary/aromatic N) is 6. The van der Waals surface area contributed by atoms with Gasteiger partial charge in [-0.2, -0.15) is 15.1 Å². The first-order valence-corrected chi connectivity index (χ1v) is 17.8. The Morgan fingerprint density at radius 1 is 1.02 bits per heavy atom. The molecular formula is C38H44F2N6O4. The Morgan fingerprint density at radius 2 is 1.82 bits per heavy atom. The monoisotopic (exact) mass is 686 g/mol. The summed E-state index contributed by atoms with van der Waals surface area (Å²) in [5.74, 6) is -0.702. The van der Waals surface area contributed by atoms with Crippen molar-refractivity contribution in [3.05, 3.63) is 53.7 Å². The van der Waals surface area contributed by atoms with Crippen LogP contribution in [0.25, 0.3) is 38.4 Å². The number of pyridine rings is 1. The number of anilines is 1. The smallest absolute Gasteiger partial charge is 0.319 e. The maximum absolute atomic E-state index is 17.4. The lowest BCUT2D eigenvalue weighted by Gasteiger charge is -2.38. The number of aromatic hydroxyl groups is 1. The molecule has 10 nitrogen and oxygen atoms in total. The third-order valence-corrected chi connectivity index (χ3v) is 11.0. The SMILES string of the molecule is CCc1c(F)ccc2cc(O)cc(-c3c(F)c4nc(OCC5(CN6CCC(OC)CC6)CC5)nc(N5CCCC(C)(O)C5)c4c4ccnn34)c12. The summed E-state index contributed by atoms with van der Waals surface area (Å²) in [6.45, 7) is 7.84. The largest absolute Gasteiger partial charge is 0.508 e. The number of aliphatic hydroxyl groups is 1. The minimum Gasteiger partial charge on any atom is -0.508 e. The zero-order valence-corrected chi connectivity index (χ0v) is 28.9. The molecule has 1 aliphatic carbocycles. The van der Waals surface area contributed by atoms with Gasteiger partial charge in [0.1, 0.15) is 28.6 Å². The summed E-state index contributed by atoms with van der Waals surface area (Å²) in [5.41, 5.74) is 0.388. The third kappa shape index (κ3) is 5.90. The van der Waals surface area contributed by atoms with Crippen molar-refractivity contribution in [2.45, 2.75) is 70.5 Å². The molecule has 0 spiro atoms. The first-order valence-electron chi connectivity index (χ1n) is 17.8. The number of methoxy groups -OCH3 is 1. The average molecular weight is 687 g/mol. The van der Waals surface area contributed by atoms with Crippen molar-refractivity contribution in [1.29, 1.82) is 0 Å². The van der Waals surface area contributed by atoms with Gasteiger partial charge in [0.15, 0.2) is 5.82 Å². The van der Waals surface area contributed by atoms with Gasteiger partial charge in [-0.05, 0) is 92.5 Å². The molecule has 2 aromatic carbocycles. The lowest BCUT2D eigenvalue weighted by atomic mass is 9.94. The molecule has 3 fully saturated rings. The van der Waals surface area contributed by atoms with Crippen molar-refractivity contribution in [1.82, 2.24) is 24.5 Å². The van der Waals surface area contributed by atoms with E-state index in [0.29, 0.717) is 77.3 Å². The second kappa shape index (κ2) is 12.6.